The van der Waals surface area contributed by atoms with Crippen molar-refractivity contribution in [3.05, 3.63) is 59.2 Å². The Hall–Kier alpha value is -2.93. The molecule has 2 aromatic carbocycles. The zero-order valence-corrected chi connectivity index (χ0v) is 15.3. The van der Waals surface area contributed by atoms with Crippen LogP contribution in [0, 0.1) is 5.82 Å². The van der Waals surface area contributed by atoms with Gasteiger partial charge in [0.05, 0.1) is 19.9 Å². The first-order chi connectivity index (χ1) is 12.5. The van der Waals surface area contributed by atoms with E-state index in [1.54, 1.807) is 37.4 Å². The van der Waals surface area contributed by atoms with Gasteiger partial charge in [-0.15, -0.1) is 11.3 Å². The predicted molar refractivity (Wildman–Crippen MR) is 99.8 cm³/mol. The Labute approximate surface area is 154 Å². The molecule has 0 unspecified atom stereocenters. The summed E-state index contributed by atoms with van der Waals surface area (Å²) < 4.78 is 23.7. The summed E-state index contributed by atoms with van der Waals surface area (Å²) in [5, 5.41) is 2.34. The highest BCUT2D eigenvalue weighted by Gasteiger charge is 2.24. The van der Waals surface area contributed by atoms with Gasteiger partial charge in [0.15, 0.2) is 5.13 Å². The van der Waals surface area contributed by atoms with Crippen LogP contribution in [0.2, 0.25) is 0 Å². The predicted octanol–water partition coefficient (Wildman–Crippen LogP) is 4.24. The number of ether oxygens (including phenoxy) is 2. The van der Waals surface area contributed by atoms with Gasteiger partial charge in [0.25, 0.3) is 5.91 Å². The fourth-order valence-corrected chi connectivity index (χ4v) is 3.29. The van der Waals surface area contributed by atoms with Crippen LogP contribution in [0.4, 0.5) is 9.52 Å². The minimum atomic E-state index is -0.306. The number of methoxy groups -OCH3 is 2. The molecule has 0 bridgehead atoms. The fourth-order valence-electron chi connectivity index (χ4n) is 2.49. The van der Waals surface area contributed by atoms with Crippen LogP contribution in [0.1, 0.15) is 10.4 Å². The Morgan fingerprint density at radius 3 is 2.27 bits per heavy atom. The molecule has 0 aliphatic rings. The minimum Gasteiger partial charge on any atom is -0.496 e. The molecule has 0 N–H and O–H groups in total. The van der Waals surface area contributed by atoms with Crippen LogP contribution in [-0.4, -0.2) is 32.2 Å². The summed E-state index contributed by atoms with van der Waals surface area (Å²) in [6.45, 7) is 0. The van der Waals surface area contributed by atoms with Gasteiger partial charge < -0.3 is 9.47 Å². The molecule has 0 spiro atoms. The number of aromatic nitrogens is 1. The molecule has 0 atom stereocenters. The number of nitrogens with zero attached hydrogens (tertiary/aromatic N) is 2. The van der Waals surface area contributed by atoms with E-state index >= 15 is 0 Å². The van der Waals surface area contributed by atoms with Crippen LogP contribution in [-0.2, 0) is 0 Å². The first-order valence-corrected chi connectivity index (χ1v) is 8.63. The number of benzene rings is 2. The van der Waals surface area contributed by atoms with Gasteiger partial charge in [-0.05, 0) is 36.4 Å². The van der Waals surface area contributed by atoms with Gasteiger partial charge in [-0.2, -0.15) is 0 Å². The molecule has 26 heavy (non-hydrogen) atoms. The lowest BCUT2D eigenvalue weighted by molar-refractivity contribution is 0.0987. The summed E-state index contributed by atoms with van der Waals surface area (Å²) in [4.78, 5) is 18.9. The highest BCUT2D eigenvalue weighted by Crippen LogP contribution is 2.32. The quantitative estimate of drug-likeness (QED) is 0.672. The molecule has 7 heteroatoms. The lowest BCUT2D eigenvalue weighted by Crippen LogP contribution is -2.27. The Morgan fingerprint density at radius 2 is 1.69 bits per heavy atom. The second-order valence-corrected chi connectivity index (χ2v) is 6.26. The van der Waals surface area contributed by atoms with E-state index in [9.17, 15) is 9.18 Å². The average molecular weight is 372 g/mol. The van der Waals surface area contributed by atoms with E-state index in [-0.39, 0.29) is 11.7 Å². The van der Waals surface area contributed by atoms with Gasteiger partial charge in [0.2, 0.25) is 0 Å². The van der Waals surface area contributed by atoms with Crippen molar-refractivity contribution < 1.29 is 18.7 Å². The summed E-state index contributed by atoms with van der Waals surface area (Å²) in [5.41, 5.74) is 1.79. The molecule has 0 radical (unpaired) electrons. The maximum atomic E-state index is 13.1. The monoisotopic (exact) mass is 372 g/mol. The number of hydrogen-bond acceptors (Lipinski definition) is 5. The van der Waals surface area contributed by atoms with E-state index < -0.39 is 0 Å². The van der Waals surface area contributed by atoms with E-state index in [0.29, 0.717) is 27.9 Å². The average Bonchev–Trinajstić information content (AvgIpc) is 3.16. The van der Waals surface area contributed by atoms with Crippen molar-refractivity contribution in [2.45, 2.75) is 0 Å². The topological polar surface area (TPSA) is 51.7 Å². The second-order valence-electron chi connectivity index (χ2n) is 5.42. The van der Waals surface area contributed by atoms with Crippen LogP contribution in [0.3, 0.4) is 0 Å². The first kappa shape index (κ1) is 17.9. The van der Waals surface area contributed by atoms with Gasteiger partial charge in [0.1, 0.15) is 22.9 Å². The van der Waals surface area contributed by atoms with E-state index in [1.807, 2.05) is 5.38 Å². The SMILES string of the molecule is COc1cccc(OC)c1C(=O)N(C)c1nc(-c2ccc(F)cc2)cs1. The molecule has 0 saturated carbocycles. The number of thiazole rings is 1. The number of carbonyl (C=O) groups excluding carboxylic acids is 1. The molecule has 5 nitrogen and oxygen atoms in total. The molecule has 3 aromatic rings. The highest BCUT2D eigenvalue weighted by molar-refractivity contribution is 7.14. The third-order valence-electron chi connectivity index (χ3n) is 3.87. The van der Waals surface area contributed by atoms with E-state index in [2.05, 4.69) is 4.98 Å². The van der Waals surface area contributed by atoms with Crippen molar-refractivity contribution in [2.75, 3.05) is 26.2 Å². The molecule has 0 aliphatic carbocycles. The summed E-state index contributed by atoms with van der Waals surface area (Å²) in [7, 11) is 4.64. The number of halogens is 1. The molecule has 0 saturated heterocycles. The lowest BCUT2D eigenvalue weighted by Gasteiger charge is -2.18. The second kappa shape index (κ2) is 7.53. The van der Waals surface area contributed by atoms with Crippen molar-refractivity contribution in [3.63, 3.8) is 0 Å². The van der Waals surface area contributed by atoms with Crippen molar-refractivity contribution in [1.29, 1.82) is 0 Å². The Morgan fingerprint density at radius 1 is 1.08 bits per heavy atom. The smallest absolute Gasteiger partial charge is 0.267 e. The van der Waals surface area contributed by atoms with Crippen LogP contribution in [0.25, 0.3) is 11.3 Å². The summed E-state index contributed by atoms with van der Waals surface area (Å²) in [6.07, 6.45) is 0. The van der Waals surface area contributed by atoms with E-state index in [0.717, 1.165) is 5.56 Å². The van der Waals surface area contributed by atoms with Crippen molar-refractivity contribution in [3.8, 4) is 22.8 Å². The highest BCUT2D eigenvalue weighted by atomic mass is 32.1. The molecule has 1 heterocycles. The van der Waals surface area contributed by atoms with Crippen molar-refractivity contribution >= 4 is 22.4 Å². The van der Waals surface area contributed by atoms with Crippen molar-refractivity contribution in [1.82, 2.24) is 4.98 Å². The van der Waals surface area contributed by atoms with Gasteiger partial charge >= 0.3 is 0 Å². The lowest BCUT2D eigenvalue weighted by atomic mass is 10.1. The van der Waals surface area contributed by atoms with Gasteiger partial charge in [-0.1, -0.05) is 6.07 Å². The molecule has 1 amide bonds. The normalized spacial score (nSPS) is 10.5. The largest absolute Gasteiger partial charge is 0.496 e. The van der Waals surface area contributed by atoms with Crippen LogP contribution >= 0.6 is 11.3 Å². The maximum Gasteiger partial charge on any atom is 0.267 e. The van der Waals surface area contributed by atoms with Gasteiger partial charge in [0, 0.05) is 18.0 Å². The van der Waals surface area contributed by atoms with Gasteiger partial charge in [-0.3, -0.25) is 9.69 Å². The minimum absolute atomic E-state index is 0.292. The van der Waals surface area contributed by atoms with E-state index in [1.165, 1.54) is 42.6 Å². The molecule has 0 aliphatic heterocycles. The first-order valence-electron chi connectivity index (χ1n) is 7.75. The number of carbonyl (C=O) groups is 1. The third-order valence-corrected chi connectivity index (χ3v) is 4.78. The van der Waals surface area contributed by atoms with Crippen LogP contribution in [0.15, 0.2) is 47.8 Å². The number of anilines is 1. The molecular formula is C19H17FN2O3S. The standard InChI is InChI=1S/C19H17FN2O3S/c1-22(18(23)17-15(24-2)5-4-6-16(17)25-3)19-21-14(11-26-19)12-7-9-13(20)10-8-12/h4-11H,1-3H3. The number of hydrogen-bond donors (Lipinski definition) is 0. The Kier molecular flexibility index (Phi) is 5.18. The molecule has 0 fully saturated rings. The van der Waals surface area contributed by atoms with Crippen LogP contribution in [0.5, 0.6) is 11.5 Å². The zero-order chi connectivity index (χ0) is 18.7. The molecular weight excluding hydrogens is 355 g/mol. The fraction of sp³-hybridized carbons (Fsp3) is 0.158. The zero-order valence-electron chi connectivity index (χ0n) is 14.5. The molecule has 3 rings (SSSR count). The number of rotatable bonds is 5. The molecule has 1 aromatic heterocycles. The summed E-state index contributed by atoms with van der Waals surface area (Å²) in [6, 6.07) is 11.2. The maximum absolute atomic E-state index is 13.1. The van der Waals surface area contributed by atoms with Crippen LogP contribution < -0.4 is 14.4 Å². The van der Waals surface area contributed by atoms with E-state index in [4.69, 9.17) is 9.47 Å². The van der Waals surface area contributed by atoms with Crippen molar-refractivity contribution in [2.24, 2.45) is 0 Å². The number of amides is 1. The Balaban J connectivity index is 1.92. The Bertz CT molecular complexity index is 903. The third kappa shape index (κ3) is 3.39. The summed E-state index contributed by atoms with van der Waals surface area (Å²) in [5.74, 6) is 0.257. The summed E-state index contributed by atoms with van der Waals surface area (Å²) >= 11 is 1.33. The van der Waals surface area contributed by atoms with Gasteiger partial charge in [-0.25, -0.2) is 9.37 Å². The molecule has 134 valence electrons.